The van der Waals surface area contributed by atoms with Crippen molar-refractivity contribution >= 4 is 17.6 Å². The van der Waals surface area contributed by atoms with Crippen molar-refractivity contribution < 1.29 is 27.8 Å². The summed E-state index contributed by atoms with van der Waals surface area (Å²) in [4.78, 5) is 23.7. The predicted molar refractivity (Wildman–Crippen MR) is 87.7 cm³/mol. The van der Waals surface area contributed by atoms with Crippen LogP contribution in [0.2, 0.25) is 0 Å². The zero-order chi connectivity index (χ0) is 18.4. The molecule has 5 nitrogen and oxygen atoms in total. The molecular formula is C18H17F2NO4. The van der Waals surface area contributed by atoms with Gasteiger partial charge >= 0.3 is 12.6 Å². The summed E-state index contributed by atoms with van der Waals surface area (Å²) in [6.07, 6.45) is 0. The van der Waals surface area contributed by atoms with Crippen LogP contribution >= 0.6 is 0 Å². The van der Waals surface area contributed by atoms with E-state index >= 15 is 0 Å². The number of alkyl halides is 2. The molecule has 1 amide bonds. The van der Waals surface area contributed by atoms with Gasteiger partial charge in [-0.3, -0.25) is 4.79 Å². The van der Waals surface area contributed by atoms with E-state index in [0.717, 1.165) is 0 Å². The number of carbonyl (C=O) groups is 2. The fraction of sp³-hybridized carbons (Fsp3) is 0.222. The highest BCUT2D eigenvalue weighted by Gasteiger charge is 2.17. The molecule has 2 rings (SSSR count). The summed E-state index contributed by atoms with van der Waals surface area (Å²) in [7, 11) is 0. The lowest BCUT2D eigenvalue weighted by atomic mass is 10.1. The molecule has 7 heteroatoms. The Morgan fingerprint density at radius 2 is 1.84 bits per heavy atom. The molecule has 2 aromatic carbocycles. The number of hydrogen-bond donors (Lipinski definition) is 1. The number of esters is 1. The third kappa shape index (κ3) is 5.00. The number of halogens is 2. The molecule has 0 radical (unpaired) electrons. The van der Waals surface area contributed by atoms with Crippen LogP contribution in [0.25, 0.3) is 0 Å². The van der Waals surface area contributed by atoms with Gasteiger partial charge in [-0.25, -0.2) is 4.79 Å². The molecule has 0 atom stereocenters. The van der Waals surface area contributed by atoms with Crippen LogP contribution in [-0.2, 0) is 16.1 Å². The highest BCUT2D eigenvalue weighted by atomic mass is 19.3. The first-order chi connectivity index (χ1) is 11.9. The predicted octanol–water partition coefficient (Wildman–Crippen LogP) is 3.91. The zero-order valence-corrected chi connectivity index (χ0v) is 13.7. The minimum absolute atomic E-state index is 0.0587. The van der Waals surface area contributed by atoms with E-state index in [4.69, 9.17) is 4.74 Å². The Hall–Kier alpha value is -2.96. The molecule has 0 spiro atoms. The Morgan fingerprint density at radius 3 is 2.52 bits per heavy atom. The fourth-order valence-corrected chi connectivity index (χ4v) is 2.23. The van der Waals surface area contributed by atoms with Gasteiger partial charge < -0.3 is 14.8 Å². The molecule has 0 unspecified atom stereocenters. The molecular weight excluding hydrogens is 332 g/mol. The molecule has 132 valence electrons. The molecule has 0 saturated heterocycles. The van der Waals surface area contributed by atoms with E-state index in [9.17, 15) is 18.4 Å². The summed E-state index contributed by atoms with van der Waals surface area (Å²) in [5, 5.41) is 2.59. The fourth-order valence-electron chi connectivity index (χ4n) is 2.23. The van der Waals surface area contributed by atoms with Crippen molar-refractivity contribution in [1.29, 1.82) is 0 Å². The molecule has 25 heavy (non-hydrogen) atoms. The topological polar surface area (TPSA) is 64.6 Å². The first-order valence-corrected chi connectivity index (χ1v) is 7.45. The third-order valence-electron chi connectivity index (χ3n) is 3.34. The second kappa shape index (κ2) is 8.23. The summed E-state index contributed by atoms with van der Waals surface area (Å²) >= 11 is 0. The minimum atomic E-state index is -2.97. The second-order valence-corrected chi connectivity index (χ2v) is 5.24. The first kappa shape index (κ1) is 18.4. The van der Waals surface area contributed by atoms with E-state index in [2.05, 4.69) is 10.1 Å². The average Bonchev–Trinajstić information content (AvgIpc) is 2.54. The van der Waals surface area contributed by atoms with E-state index < -0.39 is 12.6 Å². The molecule has 2 aromatic rings. The molecule has 0 heterocycles. The van der Waals surface area contributed by atoms with Crippen LogP contribution in [0, 0.1) is 6.92 Å². The quantitative estimate of drug-likeness (QED) is 0.803. The van der Waals surface area contributed by atoms with Crippen molar-refractivity contribution in [3.63, 3.8) is 0 Å². The normalized spacial score (nSPS) is 10.4. The van der Waals surface area contributed by atoms with Gasteiger partial charge in [0, 0.05) is 12.5 Å². The lowest BCUT2D eigenvalue weighted by molar-refractivity contribution is -0.114. The highest BCUT2D eigenvalue weighted by molar-refractivity contribution is 6.01. The molecule has 0 fully saturated rings. The Kier molecular flexibility index (Phi) is 6.05. The number of rotatable bonds is 6. The molecule has 0 aliphatic carbocycles. The van der Waals surface area contributed by atoms with Crippen LogP contribution < -0.4 is 10.1 Å². The summed E-state index contributed by atoms with van der Waals surface area (Å²) in [6.45, 7) is -0.136. The van der Waals surface area contributed by atoms with Gasteiger partial charge in [-0.1, -0.05) is 30.3 Å². The summed E-state index contributed by atoms with van der Waals surface area (Å²) < 4.78 is 34.4. The average molecular weight is 349 g/mol. The maximum atomic E-state index is 12.4. The Bertz CT molecular complexity index is 777. The van der Waals surface area contributed by atoms with Gasteiger partial charge in [-0.2, -0.15) is 8.78 Å². The lowest BCUT2D eigenvalue weighted by Crippen LogP contribution is -2.14. The Labute approximate surface area is 143 Å². The lowest BCUT2D eigenvalue weighted by Gasteiger charge is -2.14. The number of nitrogens with one attached hydrogen (secondary N) is 1. The second-order valence-electron chi connectivity index (χ2n) is 5.24. The standard InChI is InChI=1S/C18H17F2NO4/c1-11-6-5-8-14(16(11)21-12(2)22)17(23)24-10-13-7-3-4-9-15(13)25-18(19)20/h3-9,18H,10H2,1-2H3,(H,21,22). The van der Waals surface area contributed by atoms with Crippen LogP contribution in [0.15, 0.2) is 42.5 Å². The van der Waals surface area contributed by atoms with Gasteiger partial charge in [0.05, 0.1) is 11.3 Å². The van der Waals surface area contributed by atoms with Gasteiger partial charge in [-0.15, -0.1) is 0 Å². The van der Waals surface area contributed by atoms with Crippen molar-refractivity contribution in [2.24, 2.45) is 0 Å². The van der Waals surface area contributed by atoms with Crippen LogP contribution in [-0.4, -0.2) is 18.5 Å². The number of ether oxygens (including phenoxy) is 2. The largest absolute Gasteiger partial charge is 0.457 e. The number of aryl methyl sites for hydroxylation is 1. The number of carbonyl (C=O) groups excluding carboxylic acids is 2. The maximum absolute atomic E-state index is 12.4. The van der Waals surface area contributed by atoms with E-state index in [0.29, 0.717) is 16.8 Å². The SMILES string of the molecule is CC(=O)Nc1c(C)cccc1C(=O)OCc1ccccc1OC(F)F. The van der Waals surface area contributed by atoms with Gasteiger partial charge in [0.2, 0.25) is 5.91 Å². The van der Waals surface area contributed by atoms with Crippen molar-refractivity contribution in [3.05, 3.63) is 59.2 Å². The van der Waals surface area contributed by atoms with Crippen LogP contribution in [0.5, 0.6) is 5.75 Å². The molecule has 0 aliphatic heterocycles. The Morgan fingerprint density at radius 1 is 1.12 bits per heavy atom. The third-order valence-corrected chi connectivity index (χ3v) is 3.34. The summed E-state index contributed by atoms with van der Waals surface area (Å²) in [5.74, 6) is -1.06. The van der Waals surface area contributed by atoms with Crippen molar-refractivity contribution in [2.75, 3.05) is 5.32 Å². The first-order valence-electron chi connectivity index (χ1n) is 7.45. The monoisotopic (exact) mass is 349 g/mol. The van der Waals surface area contributed by atoms with Crippen LogP contribution in [0.4, 0.5) is 14.5 Å². The smallest absolute Gasteiger partial charge is 0.387 e. The van der Waals surface area contributed by atoms with E-state index in [1.807, 2.05) is 0 Å². The number of amides is 1. The summed E-state index contributed by atoms with van der Waals surface area (Å²) in [6, 6.07) is 11.0. The van der Waals surface area contributed by atoms with Gasteiger partial charge in [0.1, 0.15) is 12.4 Å². The molecule has 1 N–H and O–H groups in total. The molecule has 0 aromatic heterocycles. The van der Waals surface area contributed by atoms with E-state index in [1.165, 1.54) is 25.1 Å². The number of para-hydroxylation sites is 2. The van der Waals surface area contributed by atoms with Crippen LogP contribution in [0.3, 0.4) is 0 Å². The van der Waals surface area contributed by atoms with E-state index in [-0.39, 0.29) is 23.8 Å². The maximum Gasteiger partial charge on any atom is 0.387 e. The number of benzene rings is 2. The zero-order valence-electron chi connectivity index (χ0n) is 13.7. The van der Waals surface area contributed by atoms with Crippen molar-refractivity contribution in [1.82, 2.24) is 0 Å². The van der Waals surface area contributed by atoms with Gasteiger partial charge in [0.25, 0.3) is 0 Å². The molecule has 0 saturated carbocycles. The van der Waals surface area contributed by atoms with Crippen molar-refractivity contribution in [2.45, 2.75) is 27.1 Å². The highest BCUT2D eigenvalue weighted by Crippen LogP contribution is 2.24. The number of anilines is 1. The molecule has 0 bridgehead atoms. The molecule has 0 aliphatic rings. The number of hydrogen-bond acceptors (Lipinski definition) is 4. The van der Waals surface area contributed by atoms with Gasteiger partial charge in [0.15, 0.2) is 0 Å². The Balaban J connectivity index is 2.17. The summed E-state index contributed by atoms with van der Waals surface area (Å²) in [5.41, 5.74) is 1.55. The minimum Gasteiger partial charge on any atom is -0.457 e. The van der Waals surface area contributed by atoms with Gasteiger partial charge in [-0.05, 0) is 24.6 Å². The van der Waals surface area contributed by atoms with E-state index in [1.54, 1.807) is 31.2 Å². The van der Waals surface area contributed by atoms with Crippen molar-refractivity contribution in [3.8, 4) is 5.75 Å². The van der Waals surface area contributed by atoms with Crippen LogP contribution in [0.1, 0.15) is 28.4 Å².